The van der Waals surface area contributed by atoms with Crippen molar-refractivity contribution < 1.29 is 18.7 Å². The molecule has 6 heteroatoms. The van der Waals surface area contributed by atoms with Gasteiger partial charge in [0.15, 0.2) is 11.6 Å². The second-order valence-corrected chi connectivity index (χ2v) is 5.38. The molecule has 1 heterocycles. The lowest BCUT2D eigenvalue weighted by Crippen LogP contribution is -2.17. The SMILES string of the molecule is CC(NCc1cc(C(=O)O)cs1)c1ccc(F)c(F)c1. The van der Waals surface area contributed by atoms with Crippen LogP contribution in [0.1, 0.15) is 33.8 Å². The third-order valence-corrected chi connectivity index (χ3v) is 3.86. The van der Waals surface area contributed by atoms with Crippen molar-refractivity contribution >= 4 is 17.3 Å². The van der Waals surface area contributed by atoms with Gasteiger partial charge in [0.2, 0.25) is 0 Å². The molecule has 0 aliphatic rings. The summed E-state index contributed by atoms with van der Waals surface area (Å²) in [5.74, 6) is -2.70. The van der Waals surface area contributed by atoms with Crippen molar-refractivity contribution in [2.75, 3.05) is 0 Å². The zero-order valence-corrected chi connectivity index (χ0v) is 11.5. The molecule has 1 atom stereocenters. The number of hydrogen-bond acceptors (Lipinski definition) is 3. The Bertz CT molecular complexity index is 627. The van der Waals surface area contributed by atoms with Gasteiger partial charge in [-0.25, -0.2) is 13.6 Å². The predicted molar refractivity (Wildman–Crippen MR) is 72.9 cm³/mol. The lowest BCUT2D eigenvalue weighted by atomic mass is 10.1. The highest BCUT2D eigenvalue weighted by Crippen LogP contribution is 2.19. The minimum Gasteiger partial charge on any atom is -0.478 e. The van der Waals surface area contributed by atoms with Crippen LogP contribution >= 0.6 is 11.3 Å². The van der Waals surface area contributed by atoms with E-state index >= 15 is 0 Å². The van der Waals surface area contributed by atoms with E-state index in [-0.39, 0.29) is 11.6 Å². The molecule has 0 aliphatic heterocycles. The Kier molecular flexibility index (Phi) is 4.46. The van der Waals surface area contributed by atoms with Crippen LogP contribution in [0.5, 0.6) is 0 Å². The van der Waals surface area contributed by atoms with Crippen molar-refractivity contribution in [2.24, 2.45) is 0 Å². The van der Waals surface area contributed by atoms with E-state index in [0.717, 1.165) is 17.0 Å². The van der Waals surface area contributed by atoms with Crippen LogP contribution in [0.25, 0.3) is 0 Å². The van der Waals surface area contributed by atoms with Crippen molar-refractivity contribution in [3.05, 3.63) is 57.3 Å². The van der Waals surface area contributed by atoms with Gasteiger partial charge in [0, 0.05) is 22.8 Å². The molecule has 1 aromatic carbocycles. The quantitative estimate of drug-likeness (QED) is 0.887. The van der Waals surface area contributed by atoms with Gasteiger partial charge in [-0.05, 0) is 30.7 Å². The number of halogens is 2. The molecule has 0 bridgehead atoms. The molecule has 0 saturated heterocycles. The highest BCUT2D eigenvalue weighted by molar-refractivity contribution is 7.10. The first-order valence-electron chi connectivity index (χ1n) is 5.96. The second-order valence-electron chi connectivity index (χ2n) is 4.38. The van der Waals surface area contributed by atoms with Crippen LogP contribution in [-0.4, -0.2) is 11.1 Å². The molecule has 2 aromatic rings. The highest BCUT2D eigenvalue weighted by Gasteiger charge is 2.10. The summed E-state index contributed by atoms with van der Waals surface area (Å²) in [6, 6.07) is 5.20. The van der Waals surface area contributed by atoms with Crippen molar-refractivity contribution in [1.29, 1.82) is 0 Å². The van der Waals surface area contributed by atoms with Crippen molar-refractivity contribution in [1.82, 2.24) is 5.32 Å². The topological polar surface area (TPSA) is 49.3 Å². The van der Waals surface area contributed by atoms with Gasteiger partial charge < -0.3 is 10.4 Å². The Labute approximate surface area is 118 Å². The highest BCUT2D eigenvalue weighted by atomic mass is 32.1. The molecule has 0 radical (unpaired) electrons. The molecule has 2 rings (SSSR count). The van der Waals surface area contributed by atoms with E-state index in [2.05, 4.69) is 5.32 Å². The molecule has 3 nitrogen and oxygen atoms in total. The summed E-state index contributed by atoms with van der Waals surface area (Å²) in [6.45, 7) is 2.30. The third kappa shape index (κ3) is 3.40. The molecule has 0 saturated carbocycles. The summed E-state index contributed by atoms with van der Waals surface area (Å²) in [5.41, 5.74) is 0.895. The standard InChI is InChI=1S/C14H13F2NO2S/c1-8(9-2-3-12(15)13(16)5-9)17-6-11-4-10(7-20-11)14(18)19/h2-5,7-8,17H,6H2,1H3,(H,18,19). The fourth-order valence-corrected chi connectivity index (χ4v) is 2.55. The van der Waals surface area contributed by atoms with Crippen LogP contribution in [-0.2, 0) is 6.54 Å². The third-order valence-electron chi connectivity index (χ3n) is 2.93. The minimum absolute atomic E-state index is 0.166. The fourth-order valence-electron chi connectivity index (χ4n) is 1.74. The van der Waals surface area contributed by atoms with Gasteiger partial charge >= 0.3 is 5.97 Å². The number of aromatic carboxylic acids is 1. The Hall–Kier alpha value is -1.79. The van der Waals surface area contributed by atoms with Crippen LogP contribution in [0.4, 0.5) is 8.78 Å². The largest absolute Gasteiger partial charge is 0.478 e. The molecule has 0 aliphatic carbocycles. The van der Waals surface area contributed by atoms with Gasteiger partial charge in [0.05, 0.1) is 5.56 Å². The molecular weight excluding hydrogens is 284 g/mol. The number of carboxylic acids is 1. The van der Waals surface area contributed by atoms with Crippen molar-refractivity contribution in [3.8, 4) is 0 Å². The Morgan fingerprint density at radius 1 is 1.35 bits per heavy atom. The van der Waals surface area contributed by atoms with E-state index in [0.29, 0.717) is 12.1 Å². The lowest BCUT2D eigenvalue weighted by Gasteiger charge is -2.13. The first-order chi connectivity index (χ1) is 9.47. The van der Waals surface area contributed by atoms with Crippen LogP contribution in [0.3, 0.4) is 0 Å². The number of thiophene rings is 1. The first kappa shape index (κ1) is 14.6. The second kappa shape index (κ2) is 6.11. The number of carboxylic acid groups (broad SMARTS) is 1. The first-order valence-corrected chi connectivity index (χ1v) is 6.84. The number of hydrogen-bond donors (Lipinski definition) is 2. The predicted octanol–water partition coefficient (Wildman–Crippen LogP) is 3.58. The zero-order valence-electron chi connectivity index (χ0n) is 10.7. The summed E-state index contributed by atoms with van der Waals surface area (Å²) in [5, 5.41) is 13.5. The summed E-state index contributed by atoms with van der Waals surface area (Å²) < 4.78 is 26.0. The Morgan fingerprint density at radius 2 is 2.10 bits per heavy atom. The Morgan fingerprint density at radius 3 is 2.70 bits per heavy atom. The average Bonchev–Trinajstić information content (AvgIpc) is 2.88. The number of nitrogens with one attached hydrogen (secondary N) is 1. The van der Waals surface area contributed by atoms with E-state index in [1.54, 1.807) is 11.4 Å². The van der Waals surface area contributed by atoms with E-state index < -0.39 is 17.6 Å². The molecule has 1 aromatic heterocycles. The van der Waals surface area contributed by atoms with E-state index in [1.807, 2.05) is 6.92 Å². The molecule has 0 fully saturated rings. The molecule has 0 spiro atoms. The van der Waals surface area contributed by atoms with Gasteiger partial charge in [-0.2, -0.15) is 0 Å². The van der Waals surface area contributed by atoms with Crippen molar-refractivity contribution in [2.45, 2.75) is 19.5 Å². The van der Waals surface area contributed by atoms with Gasteiger partial charge in [-0.1, -0.05) is 6.07 Å². The fraction of sp³-hybridized carbons (Fsp3) is 0.214. The number of benzene rings is 1. The molecular formula is C14H13F2NO2S. The van der Waals surface area contributed by atoms with E-state index in [4.69, 9.17) is 5.11 Å². The summed E-state index contributed by atoms with van der Waals surface area (Å²) in [4.78, 5) is 11.6. The summed E-state index contributed by atoms with van der Waals surface area (Å²) in [7, 11) is 0. The van der Waals surface area contributed by atoms with Gasteiger partial charge in [-0.15, -0.1) is 11.3 Å². The normalized spacial score (nSPS) is 12.3. The molecule has 2 N–H and O–H groups in total. The minimum atomic E-state index is -0.957. The van der Waals surface area contributed by atoms with Crippen molar-refractivity contribution in [3.63, 3.8) is 0 Å². The van der Waals surface area contributed by atoms with Gasteiger partial charge in [0.1, 0.15) is 0 Å². The molecule has 106 valence electrons. The Balaban J connectivity index is 1.98. The number of carbonyl (C=O) groups is 1. The molecule has 20 heavy (non-hydrogen) atoms. The van der Waals surface area contributed by atoms with Crippen LogP contribution in [0.2, 0.25) is 0 Å². The maximum absolute atomic E-state index is 13.1. The monoisotopic (exact) mass is 297 g/mol. The zero-order chi connectivity index (χ0) is 14.7. The lowest BCUT2D eigenvalue weighted by molar-refractivity contribution is 0.0697. The smallest absolute Gasteiger partial charge is 0.336 e. The maximum atomic E-state index is 13.1. The molecule has 1 unspecified atom stereocenters. The van der Waals surface area contributed by atoms with Crippen LogP contribution in [0.15, 0.2) is 29.6 Å². The number of rotatable bonds is 5. The molecule has 0 amide bonds. The maximum Gasteiger partial charge on any atom is 0.336 e. The summed E-state index contributed by atoms with van der Waals surface area (Å²) >= 11 is 1.34. The van der Waals surface area contributed by atoms with E-state index in [1.165, 1.54) is 17.4 Å². The summed E-state index contributed by atoms with van der Waals surface area (Å²) in [6.07, 6.45) is 0. The average molecular weight is 297 g/mol. The van der Waals surface area contributed by atoms with Gasteiger partial charge in [-0.3, -0.25) is 0 Å². The van der Waals surface area contributed by atoms with Gasteiger partial charge in [0.25, 0.3) is 0 Å². The van der Waals surface area contributed by atoms with Crippen LogP contribution < -0.4 is 5.32 Å². The van der Waals surface area contributed by atoms with E-state index in [9.17, 15) is 13.6 Å². The van der Waals surface area contributed by atoms with Crippen LogP contribution in [0, 0.1) is 11.6 Å².